The summed E-state index contributed by atoms with van der Waals surface area (Å²) in [5.74, 6) is 1.59. The molecule has 2 rings (SSSR count). The topological polar surface area (TPSA) is 42.0 Å². The molecule has 1 aromatic carbocycles. The molecule has 122 valence electrons. The molecule has 0 aliphatic carbocycles. The van der Waals surface area contributed by atoms with Crippen LogP contribution in [0.25, 0.3) is 0 Å². The Kier molecular flexibility index (Phi) is 6.52. The third-order valence-corrected chi connectivity index (χ3v) is 3.73. The van der Waals surface area contributed by atoms with Gasteiger partial charge in [-0.25, -0.2) is 0 Å². The van der Waals surface area contributed by atoms with Gasteiger partial charge in [0.25, 0.3) is 5.91 Å². The zero-order chi connectivity index (χ0) is 15.8. The number of amides is 1. The van der Waals surface area contributed by atoms with Crippen molar-refractivity contribution in [1.29, 1.82) is 0 Å². The molecule has 1 saturated heterocycles. The second-order valence-electron chi connectivity index (χ2n) is 5.65. The maximum Gasteiger partial charge on any atom is 0.260 e. The molecule has 1 fully saturated rings. The molecular formula is C17H26N2O3. The van der Waals surface area contributed by atoms with Crippen LogP contribution in [-0.4, -0.2) is 62.1 Å². The first-order valence-electron chi connectivity index (χ1n) is 8.01. The van der Waals surface area contributed by atoms with E-state index in [2.05, 4.69) is 18.9 Å². The van der Waals surface area contributed by atoms with Gasteiger partial charge in [0.15, 0.2) is 6.61 Å². The van der Waals surface area contributed by atoms with Crippen LogP contribution in [0.3, 0.4) is 0 Å². The molecule has 1 heterocycles. The molecule has 0 atom stereocenters. The Morgan fingerprint density at radius 1 is 1.05 bits per heavy atom. The molecule has 1 aliphatic rings. The van der Waals surface area contributed by atoms with Crippen LogP contribution < -0.4 is 9.47 Å². The van der Waals surface area contributed by atoms with Crippen LogP contribution in [0.2, 0.25) is 0 Å². The highest BCUT2D eigenvalue weighted by Crippen LogP contribution is 2.17. The van der Waals surface area contributed by atoms with Gasteiger partial charge in [-0.05, 0) is 50.7 Å². The minimum absolute atomic E-state index is 0.0570. The highest BCUT2D eigenvalue weighted by molar-refractivity contribution is 5.77. The van der Waals surface area contributed by atoms with Crippen molar-refractivity contribution in [1.82, 2.24) is 9.80 Å². The number of hydrogen-bond donors (Lipinski definition) is 0. The number of carbonyl (C=O) groups is 1. The van der Waals surface area contributed by atoms with Crippen LogP contribution in [0.5, 0.6) is 11.5 Å². The molecule has 5 heteroatoms. The molecule has 0 N–H and O–H groups in total. The number of ether oxygens (including phenoxy) is 2. The van der Waals surface area contributed by atoms with E-state index in [1.165, 1.54) is 0 Å². The van der Waals surface area contributed by atoms with Gasteiger partial charge in [-0.2, -0.15) is 0 Å². The smallest absolute Gasteiger partial charge is 0.260 e. The fourth-order valence-electron chi connectivity index (χ4n) is 2.38. The minimum Gasteiger partial charge on any atom is -0.494 e. The maximum atomic E-state index is 12.2. The van der Waals surface area contributed by atoms with Gasteiger partial charge in [0.05, 0.1) is 6.61 Å². The maximum absolute atomic E-state index is 12.2. The molecule has 0 radical (unpaired) electrons. The van der Waals surface area contributed by atoms with Crippen molar-refractivity contribution in [2.75, 3.05) is 46.4 Å². The number of benzene rings is 1. The number of likely N-dealkylation sites (N-methyl/N-ethyl adjacent to an activating group) is 1. The molecule has 0 saturated carbocycles. The Morgan fingerprint density at radius 3 is 2.41 bits per heavy atom. The van der Waals surface area contributed by atoms with Gasteiger partial charge in [0, 0.05) is 19.6 Å². The summed E-state index contributed by atoms with van der Waals surface area (Å²) in [7, 11) is 2.09. The zero-order valence-corrected chi connectivity index (χ0v) is 13.6. The van der Waals surface area contributed by atoms with Crippen LogP contribution in [0, 0.1) is 0 Å². The quantitative estimate of drug-likeness (QED) is 0.806. The normalized spacial score (nSPS) is 16.2. The monoisotopic (exact) mass is 306 g/mol. The number of rotatable bonds is 6. The molecule has 0 spiro atoms. The van der Waals surface area contributed by atoms with Gasteiger partial charge in [0.1, 0.15) is 11.5 Å². The van der Waals surface area contributed by atoms with E-state index in [-0.39, 0.29) is 12.5 Å². The van der Waals surface area contributed by atoms with Crippen molar-refractivity contribution in [3.8, 4) is 11.5 Å². The lowest BCUT2D eigenvalue weighted by molar-refractivity contribution is -0.133. The second kappa shape index (κ2) is 8.63. The van der Waals surface area contributed by atoms with Gasteiger partial charge in [-0.15, -0.1) is 0 Å². The fraction of sp³-hybridized carbons (Fsp3) is 0.588. The van der Waals surface area contributed by atoms with Crippen LogP contribution >= 0.6 is 0 Å². The first-order chi connectivity index (χ1) is 10.7. The molecule has 0 aromatic heterocycles. The SMILES string of the molecule is CCCOc1ccc(OCC(=O)N2CCCN(C)CC2)cc1. The van der Waals surface area contributed by atoms with Crippen molar-refractivity contribution in [2.24, 2.45) is 0 Å². The third-order valence-electron chi connectivity index (χ3n) is 3.73. The summed E-state index contributed by atoms with van der Waals surface area (Å²) in [6.07, 6.45) is 2.00. The number of nitrogens with zero attached hydrogens (tertiary/aromatic N) is 2. The lowest BCUT2D eigenvalue weighted by Gasteiger charge is -2.20. The summed E-state index contributed by atoms with van der Waals surface area (Å²) in [6.45, 7) is 6.45. The third kappa shape index (κ3) is 5.22. The molecular weight excluding hydrogens is 280 g/mol. The summed E-state index contributed by atoms with van der Waals surface area (Å²) < 4.78 is 11.1. The zero-order valence-electron chi connectivity index (χ0n) is 13.6. The molecule has 1 aliphatic heterocycles. The van der Waals surface area contributed by atoms with Crippen molar-refractivity contribution in [2.45, 2.75) is 19.8 Å². The van der Waals surface area contributed by atoms with Crippen LogP contribution in [0.4, 0.5) is 0 Å². The van der Waals surface area contributed by atoms with Crippen molar-refractivity contribution < 1.29 is 14.3 Å². The van der Waals surface area contributed by atoms with Gasteiger partial charge in [-0.3, -0.25) is 4.79 Å². The van der Waals surface area contributed by atoms with Crippen LogP contribution in [-0.2, 0) is 4.79 Å². The average molecular weight is 306 g/mol. The highest BCUT2D eigenvalue weighted by Gasteiger charge is 2.17. The van der Waals surface area contributed by atoms with E-state index in [0.717, 1.165) is 44.8 Å². The van der Waals surface area contributed by atoms with Gasteiger partial charge >= 0.3 is 0 Å². The van der Waals surface area contributed by atoms with Gasteiger partial charge in [-0.1, -0.05) is 6.92 Å². The second-order valence-corrected chi connectivity index (χ2v) is 5.65. The Labute approximate surface area is 132 Å². The average Bonchev–Trinajstić information content (AvgIpc) is 2.76. The fourth-order valence-corrected chi connectivity index (χ4v) is 2.38. The predicted octanol–water partition coefficient (Wildman–Crippen LogP) is 2.02. The van der Waals surface area contributed by atoms with E-state index < -0.39 is 0 Å². The lowest BCUT2D eigenvalue weighted by atomic mass is 10.3. The first kappa shape index (κ1) is 16.6. The summed E-state index contributed by atoms with van der Waals surface area (Å²) >= 11 is 0. The number of hydrogen-bond acceptors (Lipinski definition) is 4. The summed E-state index contributed by atoms with van der Waals surface area (Å²) in [4.78, 5) is 16.3. The van der Waals surface area contributed by atoms with E-state index in [9.17, 15) is 4.79 Å². The van der Waals surface area contributed by atoms with Crippen molar-refractivity contribution >= 4 is 5.91 Å². The Hall–Kier alpha value is -1.75. The van der Waals surface area contributed by atoms with Gasteiger partial charge in [0.2, 0.25) is 0 Å². The number of carbonyl (C=O) groups excluding carboxylic acids is 1. The van der Waals surface area contributed by atoms with Crippen LogP contribution in [0.15, 0.2) is 24.3 Å². The van der Waals surface area contributed by atoms with Crippen molar-refractivity contribution in [3.63, 3.8) is 0 Å². The van der Waals surface area contributed by atoms with Gasteiger partial charge < -0.3 is 19.3 Å². The molecule has 22 heavy (non-hydrogen) atoms. The van der Waals surface area contributed by atoms with E-state index >= 15 is 0 Å². The predicted molar refractivity (Wildman–Crippen MR) is 86.4 cm³/mol. The summed E-state index contributed by atoms with van der Waals surface area (Å²) in [6, 6.07) is 7.43. The van der Waals surface area contributed by atoms with E-state index in [4.69, 9.17) is 9.47 Å². The van der Waals surface area contributed by atoms with Crippen molar-refractivity contribution in [3.05, 3.63) is 24.3 Å². The Morgan fingerprint density at radius 2 is 1.73 bits per heavy atom. The van der Waals surface area contributed by atoms with Crippen LogP contribution in [0.1, 0.15) is 19.8 Å². The molecule has 0 unspecified atom stereocenters. The summed E-state index contributed by atoms with van der Waals surface area (Å²) in [5.41, 5.74) is 0. The van der Waals surface area contributed by atoms with E-state index in [1.54, 1.807) is 0 Å². The standard InChI is InChI=1S/C17H26N2O3/c1-3-13-21-15-5-7-16(8-6-15)22-14-17(20)19-10-4-9-18(2)11-12-19/h5-8H,3-4,9-14H2,1-2H3. The molecule has 1 aromatic rings. The highest BCUT2D eigenvalue weighted by atomic mass is 16.5. The molecule has 1 amide bonds. The summed E-state index contributed by atoms with van der Waals surface area (Å²) in [5, 5.41) is 0. The Bertz CT molecular complexity index is 461. The Balaban J connectivity index is 1.78. The minimum atomic E-state index is 0.0570. The largest absolute Gasteiger partial charge is 0.494 e. The van der Waals surface area contributed by atoms with E-state index in [1.807, 2.05) is 29.2 Å². The molecule has 0 bridgehead atoms. The lowest BCUT2D eigenvalue weighted by Crippen LogP contribution is -2.37. The van der Waals surface area contributed by atoms with E-state index in [0.29, 0.717) is 12.4 Å². The first-order valence-corrected chi connectivity index (χ1v) is 8.01. The molecule has 5 nitrogen and oxygen atoms in total.